The van der Waals surface area contributed by atoms with Crippen LogP contribution in [0.3, 0.4) is 0 Å². The van der Waals surface area contributed by atoms with Gasteiger partial charge in [0.05, 0.1) is 152 Å². The van der Waals surface area contributed by atoms with E-state index < -0.39 is 0 Å². The van der Waals surface area contributed by atoms with Crippen LogP contribution in [0.25, 0.3) is 0 Å². The first kappa shape index (κ1) is 60.3. The van der Waals surface area contributed by atoms with Crippen LogP contribution >= 0.6 is 11.6 Å². The Labute approximate surface area is 376 Å². The summed E-state index contributed by atoms with van der Waals surface area (Å²) in [6.45, 7) is 15.0. The van der Waals surface area contributed by atoms with Crippen molar-refractivity contribution in [3.05, 3.63) is 0 Å². The number of esters is 1. The molecule has 0 fully saturated rings. The highest BCUT2D eigenvalue weighted by Crippen LogP contribution is 2.13. The first-order valence-electron chi connectivity index (χ1n) is 24.0. The van der Waals surface area contributed by atoms with Gasteiger partial charge in [-0.2, -0.15) is 0 Å². The van der Waals surface area contributed by atoms with Gasteiger partial charge in [-0.15, -0.1) is 11.6 Å². The number of alkyl halides is 1. The topological polar surface area (TPSA) is 137 Å². The van der Waals surface area contributed by atoms with Gasteiger partial charge >= 0.3 is 5.97 Å². The van der Waals surface area contributed by atoms with Crippen LogP contribution < -0.4 is 0 Å². The Morgan fingerprint density at radius 2 is 0.508 bits per heavy atom. The largest absolute Gasteiger partial charge is 0.463 e. The predicted molar refractivity (Wildman–Crippen MR) is 240 cm³/mol. The first-order chi connectivity index (χ1) is 30.3. The predicted octanol–water partition coefficient (Wildman–Crippen LogP) is 8.01. The normalized spacial score (nSPS) is 11.6. The average molecular weight is 904 g/mol. The summed E-state index contributed by atoms with van der Waals surface area (Å²) in [4.78, 5) is 11.9. The highest BCUT2D eigenvalue weighted by atomic mass is 35.5. The van der Waals surface area contributed by atoms with E-state index in [0.29, 0.717) is 158 Å². The molecule has 0 aromatic rings. The number of carbonyl (C=O) groups is 1. The molecule has 0 saturated carbocycles. The zero-order valence-electron chi connectivity index (χ0n) is 38.7. The van der Waals surface area contributed by atoms with Crippen molar-refractivity contribution >= 4 is 17.6 Å². The first-order valence-corrected chi connectivity index (χ1v) is 24.5. The number of hydrogen-bond donors (Lipinski definition) is 0. The summed E-state index contributed by atoms with van der Waals surface area (Å²) in [7, 11) is 0. The molecule has 0 amide bonds. The van der Waals surface area contributed by atoms with Crippen molar-refractivity contribution in [3.63, 3.8) is 0 Å². The van der Waals surface area contributed by atoms with Crippen molar-refractivity contribution in [2.75, 3.05) is 171 Å². The summed E-state index contributed by atoms with van der Waals surface area (Å²) >= 11 is 5.66. The van der Waals surface area contributed by atoms with Gasteiger partial charge in [0, 0.05) is 18.9 Å². The van der Waals surface area contributed by atoms with Crippen molar-refractivity contribution in [1.29, 1.82) is 0 Å². The number of hydrogen-bond acceptors (Lipinski definition) is 14. The minimum absolute atomic E-state index is 0.133. The summed E-state index contributed by atoms with van der Waals surface area (Å²) in [5.41, 5.74) is 0. The van der Waals surface area contributed by atoms with E-state index in [-0.39, 0.29) is 12.6 Å². The molecule has 0 radical (unpaired) electrons. The standard InChI is InChI=1S/C46H91ClO14/c1-2-3-4-5-6-7-8-9-10-11-12-13-16-19-46(48)61-45-44-60-43-42-59-41-40-58-39-38-57-37-36-56-35-34-55-33-32-54-31-30-53-29-28-52-27-26-51-25-24-50-23-22-49-21-18-15-14-17-20-47/h2-45H2,1H3. The van der Waals surface area contributed by atoms with E-state index in [0.717, 1.165) is 44.6 Å². The Hall–Kier alpha value is -0.720. The molecule has 0 aromatic heterocycles. The lowest BCUT2D eigenvalue weighted by molar-refractivity contribution is -0.145. The van der Waals surface area contributed by atoms with Crippen molar-refractivity contribution in [2.45, 2.75) is 122 Å². The van der Waals surface area contributed by atoms with Crippen LogP contribution in [0.5, 0.6) is 0 Å². The van der Waals surface area contributed by atoms with E-state index in [1.165, 1.54) is 77.0 Å². The minimum atomic E-state index is -0.133. The van der Waals surface area contributed by atoms with E-state index in [1.54, 1.807) is 0 Å². The quantitative estimate of drug-likeness (QED) is 0.0331. The minimum Gasteiger partial charge on any atom is -0.463 e. The summed E-state index contributed by atoms with van der Waals surface area (Å²) in [6, 6.07) is 0. The van der Waals surface area contributed by atoms with Crippen LogP contribution in [0.2, 0.25) is 0 Å². The molecule has 0 bridgehead atoms. The summed E-state index contributed by atoms with van der Waals surface area (Å²) < 4.78 is 71.3. The lowest BCUT2D eigenvalue weighted by Gasteiger charge is -2.09. The van der Waals surface area contributed by atoms with Crippen LogP contribution in [-0.4, -0.2) is 177 Å². The number of rotatable bonds is 56. The molecule has 0 spiro atoms. The molecule has 61 heavy (non-hydrogen) atoms. The van der Waals surface area contributed by atoms with Crippen LogP contribution in [0.4, 0.5) is 0 Å². The zero-order valence-corrected chi connectivity index (χ0v) is 39.5. The zero-order chi connectivity index (χ0) is 43.9. The second-order valence-corrected chi connectivity index (χ2v) is 15.0. The molecule has 0 aliphatic carbocycles. The average Bonchev–Trinajstić information content (AvgIpc) is 3.27. The summed E-state index contributed by atoms with van der Waals surface area (Å²) in [6.07, 6.45) is 21.8. The summed E-state index contributed by atoms with van der Waals surface area (Å²) in [5.74, 6) is 0.608. The molecule has 14 nitrogen and oxygen atoms in total. The van der Waals surface area contributed by atoms with Crippen molar-refractivity contribution in [1.82, 2.24) is 0 Å². The van der Waals surface area contributed by atoms with E-state index in [1.807, 2.05) is 0 Å². The molecule has 0 aromatic carbocycles. The van der Waals surface area contributed by atoms with Gasteiger partial charge in [-0.1, -0.05) is 96.8 Å². The monoisotopic (exact) mass is 903 g/mol. The van der Waals surface area contributed by atoms with Crippen LogP contribution in [0, 0.1) is 0 Å². The Bertz CT molecular complexity index is 804. The maximum Gasteiger partial charge on any atom is 0.305 e. The molecular formula is C46H91ClO14. The Morgan fingerprint density at radius 1 is 0.279 bits per heavy atom. The SMILES string of the molecule is CCCCCCCCCCCCCCCC(=O)OCCOCCOCCOCCOCCOCCOCCOCCOCCOCCOCCOCCOCCCCCCCl. The molecule has 0 heterocycles. The third-order valence-corrected chi connectivity index (χ3v) is 9.51. The van der Waals surface area contributed by atoms with Crippen molar-refractivity contribution < 1.29 is 66.4 Å². The highest BCUT2D eigenvalue weighted by molar-refractivity contribution is 6.17. The third-order valence-electron chi connectivity index (χ3n) is 9.24. The van der Waals surface area contributed by atoms with Gasteiger partial charge in [0.2, 0.25) is 0 Å². The highest BCUT2D eigenvalue weighted by Gasteiger charge is 2.03. The second kappa shape index (κ2) is 57.3. The number of ether oxygens (including phenoxy) is 13. The van der Waals surface area contributed by atoms with Crippen molar-refractivity contribution in [3.8, 4) is 0 Å². The molecule has 0 saturated heterocycles. The van der Waals surface area contributed by atoms with E-state index >= 15 is 0 Å². The fourth-order valence-electron chi connectivity index (χ4n) is 5.75. The van der Waals surface area contributed by atoms with Gasteiger partial charge in [0.1, 0.15) is 6.61 Å². The molecule has 0 aliphatic heterocycles. The Balaban J connectivity index is 3.11. The van der Waals surface area contributed by atoms with Gasteiger partial charge < -0.3 is 61.6 Å². The maximum atomic E-state index is 11.9. The number of carbonyl (C=O) groups excluding carboxylic acids is 1. The van der Waals surface area contributed by atoms with Gasteiger partial charge in [-0.3, -0.25) is 4.79 Å². The Morgan fingerprint density at radius 3 is 0.803 bits per heavy atom. The number of unbranched alkanes of at least 4 members (excludes halogenated alkanes) is 15. The van der Waals surface area contributed by atoms with Gasteiger partial charge in [0.25, 0.3) is 0 Å². The molecule has 0 rings (SSSR count). The molecular weight excluding hydrogens is 812 g/mol. The third kappa shape index (κ3) is 57.3. The van der Waals surface area contributed by atoms with Crippen LogP contribution in [0.1, 0.15) is 122 Å². The molecule has 0 N–H and O–H groups in total. The summed E-state index contributed by atoms with van der Waals surface area (Å²) in [5, 5.41) is 0. The fourth-order valence-corrected chi connectivity index (χ4v) is 5.94. The smallest absolute Gasteiger partial charge is 0.305 e. The lowest BCUT2D eigenvalue weighted by atomic mass is 10.0. The van der Waals surface area contributed by atoms with E-state index in [9.17, 15) is 4.79 Å². The van der Waals surface area contributed by atoms with Gasteiger partial charge in [-0.05, 0) is 19.3 Å². The lowest BCUT2D eigenvalue weighted by Crippen LogP contribution is -2.15. The van der Waals surface area contributed by atoms with Crippen LogP contribution in [0.15, 0.2) is 0 Å². The van der Waals surface area contributed by atoms with Crippen LogP contribution in [-0.2, 0) is 66.4 Å². The van der Waals surface area contributed by atoms with E-state index in [4.69, 9.17) is 73.2 Å². The van der Waals surface area contributed by atoms with E-state index in [2.05, 4.69) is 6.92 Å². The maximum absolute atomic E-state index is 11.9. The van der Waals surface area contributed by atoms with Gasteiger partial charge in [-0.25, -0.2) is 0 Å². The fraction of sp³-hybridized carbons (Fsp3) is 0.978. The second-order valence-electron chi connectivity index (χ2n) is 14.7. The molecule has 0 aliphatic rings. The molecule has 15 heteroatoms. The van der Waals surface area contributed by atoms with Gasteiger partial charge in [0.15, 0.2) is 0 Å². The molecule has 0 unspecified atom stereocenters. The molecule has 366 valence electrons. The molecule has 0 atom stereocenters. The Kier molecular flexibility index (Phi) is 56.6. The number of halogens is 1. The van der Waals surface area contributed by atoms with Crippen molar-refractivity contribution in [2.24, 2.45) is 0 Å².